The lowest BCUT2D eigenvalue weighted by molar-refractivity contribution is 0.567. The molecule has 2 aromatic rings. The first kappa shape index (κ1) is 12.0. The molecule has 0 aliphatic rings. The van der Waals surface area contributed by atoms with E-state index in [-0.39, 0.29) is 6.04 Å². The largest absolute Gasteiger partial charge is 0.305 e. The van der Waals surface area contributed by atoms with Crippen LogP contribution in [0.5, 0.6) is 0 Å². The summed E-state index contributed by atoms with van der Waals surface area (Å²) in [6.07, 6.45) is 3.29. The molecule has 0 aliphatic heterocycles. The third-order valence-corrected chi connectivity index (χ3v) is 2.95. The van der Waals surface area contributed by atoms with Crippen LogP contribution >= 0.6 is 11.6 Å². The van der Waals surface area contributed by atoms with Crippen molar-refractivity contribution in [3.63, 3.8) is 0 Å². The molecule has 1 heterocycles. The molecule has 0 bridgehead atoms. The monoisotopic (exact) mass is 247 g/mol. The van der Waals surface area contributed by atoms with E-state index in [0.717, 1.165) is 16.3 Å². The second-order valence-corrected chi connectivity index (χ2v) is 4.23. The topological polar surface area (TPSA) is 37.8 Å². The number of halogens is 1. The molecule has 4 heteroatoms. The Morgan fingerprint density at radius 2 is 2.12 bits per heavy atom. The summed E-state index contributed by atoms with van der Waals surface area (Å²) in [7, 11) is 0. The molecule has 0 unspecified atom stereocenters. The summed E-state index contributed by atoms with van der Waals surface area (Å²) in [4.78, 5) is 8.04. The summed E-state index contributed by atoms with van der Waals surface area (Å²) in [6, 6.07) is 9.94. The van der Waals surface area contributed by atoms with E-state index in [1.807, 2.05) is 30.3 Å². The highest BCUT2D eigenvalue weighted by Gasteiger charge is 2.08. The number of benzene rings is 1. The first-order valence-corrected chi connectivity index (χ1v) is 5.88. The molecule has 0 radical (unpaired) electrons. The van der Waals surface area contributed by atoms with Gasteiger partial charge < -0.3 is 5.32 Å². The van der Waals surface area contributed by atoms with Gasteiger partial charge in [0.05, 0.1) is 5.69 Å². The van der Waals surface area contributed by atoms with Gasteiger partial charge in [-0.15, -0.1) is 0 Å². The van der Waals surface area contributed by atoms with E-state index in [1.54, 1.807) is 12.5 Å². The van der Waals surface area contributed by atoms with Crippen LogP contribution in [0.3, 0.4) is 0 Å². The Bertz CT molecular complexity index is 473. The third-order valence-electron chi connectivity index (χ3n) is 2.60. The number of nitrogens with zero attached hydrogens (tertiary/aromatic N) is 2. The van der Waals surface area contributed by atoms with Gasteiger partial charge in [-0.2, -0.15) is 0 Å². The Hall–Kier alpha value is -1.45. The molecular formula is C13H14ClN3. The van der Waals surface area contributed by atoms with Crippen LogP contribution in [0.25, 0.3) is 0 Å². The van der Waals surface area contributed by atoms with E-state index in [9.17, 15) is 0 Å². The highest BCUT2D eigenvalue weighted by Crippen LogP contribution is 2.22. The van der Waals surface area contributed by atoms with Crippen molar-refractivity contribution in [3.8, 4) is 0 Å². The van der Waals surface area contributed by atoms with Crippen molar-refractivity contribution >= 4 is 11.6 Å². The van der Waals surface area contributed by atoms with Crippen LogP contribution in [0.4, 0.5) is 0 Å². The lowest BCUT2D eigenvalue weighted by Crippen LogP contribution is -2.19. The molecule has 0 spiro atoms. The van der Waals surface area contributed by atoms with Crippen LogP contribution in [0, 0.1) is 0 Å². The fourth-order valence-corrected chi connectivity index (χ4v) is 1.92. The molecule has 3 nitrogen and oxygen atoms in total. The minimum Gasteiger partial charge on any atom is -0.305 e. The Kier molecular flexibility index (Phi) is 4.07. The third kappa shape index (κ3) is 3.25. The Morgan fingerprint density at radius 3 is 2.82 bits per heavy atom. The molecule has 1 N–H and O–H groups in total. The van der Waals surface area contributed by atoms with Gasteiger partial charge in [0.15, 0.2) is 0 Å². The Balaban J connectivity index is 1.99. The van der Waals surface area contributed by atoms with Crippen molar-refractivity contribution in [1.82, 2.24) is 15.3 Å². The van der Waals surface area contributed by atoms with Crippen molar-refractivity contribution in [1.29, 1.82) is 0 Å². The maximum Gasteiger partial charge on any atom is 0.115 e. The standard InChI is InChI=1S/C13H14ClN3/c1-10(12-4-2-3-5-13(12)14)16-8-11-6-7-15-9-17-11/h2-7,9-10,16H,8H2,1H3/t10-/m1/s1. The summed E-state index contributed by atoms with van der Waals surface area (Å²) in [6.45, 7) is 2.79. The van der Waals surface area contributed by atoms with E-state index in [2.05, 4.69) is 22.2 Å². The fraction of sp³-hybridized carbons (Fsp3) is 0.231. The molecule has 1 aromatic heterocycles. The van der Waals surface area contributed by atoms with E-state index in [4.69, 9.17) is 11.6 Å². The van der Waals surface area contributed by atoms with Crippen molar-refractivity contribution in [3.05, 3.63) is 59.1 Å². The number of nitrogens with one attached hydrogen (secondary N) is 1. The van der Waals surface area contributed by atoms with E-state index >= 15 is 0 Å². The van der Waals surface area contributed by atoms with Crippen LogP contribution in [0.2, 0.25) is 5.02 Å². The van der Waals surface area contributed by atoms with E-state index < -0.39 is 0 Å². The highest BCUT2D eigenvalue weighted by atomic mass is 35.5. The molecule has 0 saturated heterocycles. The molecule has 2 rings (SSSR count). The van der Waals surface area contributed by atoms with Crippen LogP contribution < -0.4 is 5.32 Å². The molecule has 0 amide bonds. The Labute approximate surface area is 106 Å². The van der Waals surface area contributed by atoms with Crippen molar-refractivity contribution < 1.29 is 0 Å². The second-order valence-electron chi connectivity index (χ2n) is 3.82. The number of aromatic nitrogens is 2. The number of hydrogen-bond acceptors (Lipinski definition) is 3. The molecule has 0 aliphatic carbocycles. The predicted octanol–water partition coefficient (Wildman–Crippen LogP) is 2.98. The lowest BCUT2D eigenvalue weighted by Gasteiger charge is -2.15. The SMILES string of the molecule is C[C@@H](NCc1ccncn1)c1ccccc1Cl. The van der Waals surface area contributed by atoms with Gasteiger partial charge in [0.25, 0.3) is 0 Å². The molecular weight excluding hydrogens is 234 g/mol. The van der Waals surface area contributed by atoms with Gasteiger partial charge in [-0.05, 0) is 24.6 Å². The second kappa shape index (κ2) is 5.75. The van der Waals surface area contributed by atoms with Gasteiger partial charge >= 0.3 is 0 Å². The van der Waals surface area contributed by atoms with Gasteiger partial charge in [0.1, 0.15) is 6.33 Å². The zero-order valence-electron chi connectivity index (χ0n) is 9.60. The van der Waals surface area contributed by atoms with Gasteiger partial charge in [-0.3, -0.25) is 0 Å². The summed E-state index contributed by atoms with van der Waals surface area (Å²) in [5, 5.41) is 4.17. The van der Waals surface area contributed by atoms with Gasteiger partial charge in [0, 0.05) is 23.8 Å². The first-order valence-electron chi connectivity index (χ1n) is 5.50. The zero-order chi connectivity index (χ0) is 12.1. The van der Waals surface area contributed by atoms with Crippen LogP contribution in [-0.2, 0) is 6.54 Å². The van der Waals surface area contributed by atoms with Crippen LogP contribution in [0.15, 0.2) is 42.9 Å². The quantitative estimate of drug-likeness (QED) is 0.903. The van der Waals surface area contributed by atoms with Gasteiger partial charge in [-0.25, -0.2) is 9.97 Å². The number of hydrogen-bond donors (Lipinski definition) is 1. The summed E-state index contributed by atoms with van der Waals surface area (Å²) < 4.78 is 0. The highest BCUT2D eigenvalue weighted by molar-refractivity contribution is 6.31. The normalized spacial score (nSPS) is 12.4. The van der Waals surface area contributed by atoms with Crippen molar-refractivity contribution in [2.75, 3.05) is 0 Å². The maximum absolute atomic E-state index is 6.14. The summed E-state index contributed by atoms with van der Waals surface area (Å²) >= 11 is 6.14. The smallest absolute Gasteiger partial charge is 0.115 e. The van der Waals surface area contributed by atoms with Gasteiger partial charge in [-0.1, -0.05) is 29.8 Å². The molecule has 17 heavy (non-hydrogen) atoms. The van der Waals surface area contributed by atoms with Gasteiger partial charge in [0.2, 0.25) is 0 Å². The number of rotatable bonds is 4. The molecule has 1 aromatic carbocycles. The zero-order valence-corrected chi connectivity index (χ0v) is 10.4. The fourth-order valence-electron chi connectivity index (χ4n) is 1.62. The summed E-state index contributed by atoms with van der Waals surface area (Å²) in [5.74, 6) is 0. The molecule has 1 atom stereocenters. The maximum atomic E-state index is 6.14. The molecule has 0 saturated carbocycles. The first-order chi connectivity index (χ1) is 8.27. The van der Waals surface area contributed by atoms with Crippen LogP contribution in [-0.4, -0.2) is 9.97 Å². The minimum absolute atomic E-state index is 0.193. The van der Waals surface area contributed by atoms with Crippen LogP contribution in [0.1, 0.15) is 24.2 Å². The minimum atomic E-state index is 0.193. The Morgan fingerprint density at radius 1 is 1.29 bits per heavy atom. The molecule has 88 valence electrons. The lowest BCUT2D eigenvalue weighted by atomic mass is 10.1. The summed E-state index contributed by atoms with van der Waals surface area (Å²) in [5.41, 5.74) is 2.07. The average Bonchev–Trinajstić information content (AvgIpc) is 2.38. The average molecular weight is 248 g/mol. The van der Waals surface area contributed by atoms with Crippen molar-refractivity contribution in [2.45, 2.75) is 19.5 Å². The van der Waals surface area contributed by atoms with Crippen molar-refractivity contribution in [2.24, 2.45) is 0 Å². The molecule has 0 fully saturated rings. The predicted molar refractivity (Wildman–Crippen MR) is 68.7 cm³/mol. The van der Waals surface area contributed by atoms with E-state index in [0.29, 0.717) is 6.54 Å². The van der Waals surface area contributed by atoms with E-state index in [1.165, 1.54) is 0 Å².